The van der Waals surface area contributed by atoms with Crippen LogP contribution >= 0.6 is 12.2 Å². The van der Waals surface area contributed by atoms with Crippen LogP contribution in [0.25, 0.3) is 0 Å². The lowest BCUT2D eigenvalue weighted by Crippen LogP contribution is -1.98. The summed E-state index contributed by atoms with van der Waals surface area (Å²) >= 11 is 4.75. The molecule has 16 heavy (non-hydrogen) atoms. The monoisotopic (exact) mass is 242 g/mol. The van der Waals surface area contributed by atoms with E-state index in [4.69, 9.17) is 21.7 Å². The summed E-state index contributed by atoms with van der Waals surface area (Å²) in [6.45, 7) is 1.69. The Morgan fingerprint density at radius 2 is 1.62 bits per heavy atom. The van der Waals surface area contributed by atoms with Gasteiger partial charge in [0.05, 0.1) is 14.2 Å². The number of ether oxygens (including phenoxy) is 2. The standard InChI is InChI=1S/C11H14O4S/c1-6-7(4-5-16)9(13)11(15-3)10(14-2)8(6)12/h5,12-13H,4H2,1-3H3. The maximum Gasteiger partial charge on any atom is 0.207 e. The average molecular weight is 242 g/mol. The molecule has 0 atom stereocenters. The van der Waals surface area contributed by atoms with Gasteiger partial charge in [-0.2, -0.15) is 0 Å². The van der Waals surface area contributed by atoms with Gasteiger partial charge in [-0.15, -0.1) is 0 Å². The molecule has 0 aliphatic heterocycles. The summed E-state index contributed by atoms with van der Waals surface area (Å²) in [5.74, 6) is 0.169. The van der Waals surface area contributed by atoms with Crippen LogP contribution in [0.15, 0.2) is 0 Å². The number of aromatic hydroxyl groups is 2. The number of benzene rings is 1. The van der Waals surface area contributed by atoms with Crippen molar-refractivity contribution in [3.63, 3.8) is 0 Å². The molecule has 0 spiro atoms. The molecule has 1 aromatic rings. The molecule has 0 heterocycles. The first-order valence-electron chi connectivity index (χ1n) is 4.67. The van der Waals surface area contributed by atoms with Crippen molar-refractivity contribution in [2.75, 3.05) is 14.2 Å². The molecule has 0 amide bonds. The Labute approximate surface area is 99.4 Å². The third-order valence-corrected chi connectivity index (χ3v) is 2.59. The van der Waals surface area contributed by atoms with E-state index < -0.39 is 0 Å². The summed E-state index contributed by atoms with van der Waals surface area (Å²) in [5.41, 5.74) is 1.08. The molecule has 0 radical (unpaired) electrons. The molecule has 88 valence electrons. The molecule has 0 aliphatic rings. The summed E-state index contributed by atoms with van der Waals surface area (Å²) in [6.07, 6.45) is 0.376. The Morgan fingerprint density at radius 3 is 2.06 bits per heavy atom. The van der Waals surface area contributed by atoms with E-state index in [9.17, 15) is 10.2 Å². The van der Waals surface area contributed by atoms with Gasteiger partial charge >= 0.3 is 0 Å². The number of phenolic OH excluding ortho intramolecular Hbond substituents is 2. The maximum atomic E-state index is 9.95. The van der Waals surface area contributed by atoms with Gasteiger partial charge in [0.15, 0.2) is 11.5 Å². The van der Waals surface area contributed by atoms with E-state index in [1.165, 1.54) is 19.6 Å². The third-order valence-electron chi connectivity index (χ3n) is 2.43. The molecule has 0 saturated heterocycles. The Balaban J connectivity index is 3.55. The highest BCUT2D eigenvalue weighted by atomic mass is 32.1. The lowest BCUT2D eigenvalue weighted by atomic mass is 10.0. The zero-order valence-corrected chi connectivity index (χ0v) is 10.2. The predicted molar refractivity (Wildman–Crippen MR) is 65.0 cm³/mol. The molecule has 0 unspecified atom stereocenters. The van der Waals surface area contributed by atoms with Gasteiger partial charge in [-0.1, -0.05) is 12.2 Å². The van der Waals surface area contributed by atoms with Gasteiger partial charge in [-0.25, -0.2) is 0 Å². The number of rotatable bonds is 4. The minimum atomic E-state index is -0.0456. The van der Waals surface area contributed by atoms with Crippen molar-refractivity contribution < 1.29 is 19.7 Å². The molecule has 0 aromatic heterocycles. The van der Waals surface area contributed by atoms with E-state index in [1.807, 2.05) is 0 Å². The molecule has 0 bridgehead atoms. The SMILES string of the molecule is COc1c(O)c(C)c(CC=S)c(O)c1OC. The molecule has 0 fully saturated rings. The number of hydrogen-bond acceptors (Lipinski definition) is 5. The molecule has 1 aromatic carbocycles. The number of hydrogen-bond donors (Lipinski definition) is 2. The molecular weight excluding hydrogens is 228 g/mol. The van der Waals surface area contributed by atoms with Gasteiger partial charge in [0, 0.05) is 17.5 Å². The highest BCUT2D eigenvalue weighted by Gasteiger charge is 2.22. The summed E-state index contributed by atoms with van der Waals surface area (Å²) < 4.78 is 10.00. The highest BCUT2D eigenvalue weighted by Crippen LogP contribution is 2.48. The van der Waals surface area contributed by atoms with Crippen LogP contribution in [0.2, 0.25) is 0 Å². The van der Waals surface area contributed by atoms with Crippen molar-refractivity contribution >= 4 is 17.6 Å². The Bertz CT molecular complexity index is 415. The lowest BCUT2D eigenvalue weighted by molar-refractivity contribution is 0.314. The van der Waals surface area contributed by atoms with Crippen molar-refractivity contribution in [3.05, 3.63) is 11.1 Å². The summed E-state index contributed by atoms with van der Waals surface area (Å²) in [6, 6.07) is 0. The van der Waals surface area contributed by atoms with Crippen molar-refractivity contribution in [3.8, 4) is 23.0 Å². The van der Waals surface area contributed by atoms with E-state index in [0.717, 1.165) is 0 Å². The maximum absolute atomic E-state index is 9.95. The zero-order valence-electron chi connectivity index (χ0n) is 9.40. The average Bonchev–Trinajstić information content (AvgIpc) is 2.29. The highest BCUT2D eigenvalue weighted by molar-refractivity contribution is 7.79. The van der Waals surface area contributed by atoms with Crippen LogP contribution in [0.4, 0.5) is 0 Å². The largest absolute Gasteiger partial charge is 0.504 e. The van der Waals surface area contributed by atoms with Crippen LogP contribution in [0.5, 0.6) is 23.0 Å². The van der Waals surface area contributed by atoms with Gasteiger partial charge < -0.3 is 19.7 Å². The Hall–Kier alpha value is -1.49. The first-order valence-corrected chi connectivity index (χ1v) is 5.14. The van der Waals surface area contributed by atoms with E-state index in [1.54, 1.807) is 6.92 Å². The second-order valence-corrected chi connectivity index (χ2v) is 3.57. The molecule has 1 rings (SSSR count). The first-order chi connectivity index (χ1) is 7.58. The second-order valence-electron chi connectivity index (χ2n) is 3.24. The van der Waals surface area contributed by atoms with Gasteiger partial charge in [0.2, 0.25) is 11.5 Å². The van der Waals surface area contributed by atoms with Crippen LogP contribution in [0.1, 0.15) is 11.1 Å². The molecular formula is C11H14O4S. The lowest BCUT2D eigenvalue weighted by Gasteiger charge is -2.16. The summed E-state index contributed by atoms with van der Waals surface area (Å²) in [5, 5.41) is 21.3. The topological polar surface area (TPSA) is 58.9 Å². The van der Waals surface area contributed by atoms with E-state index >= 15 is 0 Å². The fourth-order valence-electron chi connectivity index (χ4n) is 1.55. The first kappa shape index (κ1) is 12.6. The smallest absolute Gasteiger partial charge is 0.207 e. The minimum Gasteiger partial charge on any atom is -0.504 e. The summed E-state index contributed by atoms with van der Waals surface area (Å²) in [7, 11) is 2.79. The third kappa shape index (κ3) is 1.90. The normalized spacial score (nSPS) is 9.94. The van der Waals surface area contributed by atoms with Crippen LogP contribution in [0.3, 0.4) is 0 Å². The number of thiocarbonyl (C=S) groups is 1. The van der Waals surface area contributed by atoms with E-state index in [2.05, 4.69) is 0 Å². The van der Waals surface area contributed by atoms with Crippen molar-refractivity contribution in [2.45, 2.75) is 13.3 Å². The molecule has 0 aliphatic carbocycles. The molecule has 2 N–H and O–H groups in total. The summed E-state index contributed by atoms with van der Waals surface area (Å²) in [4.78, 5) is 0. The Kier molecular flexibility index (Phi) is 3.95. The predicted octanol–water partition coefficient (Wildman–Crippen LogP) is 1.97. The fraction of sp³-hybridized carbons (Fsp3) is 0.364. The zero-order chi connectivity index (χ0) is 12.3. The molecule has 5 heteroatoms. The van der Waals surface area contributed by atoms with E-state index in [0.29, 0.717) is 17.5 Å². The number of phenols is 2. The minimum absolute atomic E-state index is 0.0380. The van der Waals surface area contributed by atoms with Crippen LogP contribution < -0.4 is 9.47 Å². The molecule has 0 saturated carbocycles. The van der Waals surface area contributed by atoms with Crippen molar-refractivity contribution in [1.29, 1.82) is 0 Å². The number of methoxy groups -OCH3 is 2. The van der Waals surface area contributed by atoms with Gasteiger partial charge in [0.25, 0.3) is 0 Å². The van der Waals surface area contributed by atoms with Crippen molar-refractivity contribution in [2.24, 2.45) is 0 Å². The van der Waals surface area contributed by atoms with E-state index in [-0.39, 0.29) is 23.0 Å². The Morgan fingerprint density at radius 1 is 1.12 bits per heavy atom. The van der Waals surface area contributed by atoms with Gasteiger partial charge in [-0.3, -0.25) is 0 Å². The second kappa shape index (κ2) is 5.03. The van der Waals surface area contributed by atoms with Gasteiger partial charge in [-0.05, 0) is 12.3 Å². The van der Waals surface area contributed by atoms with Crippen LogP contribution in [-0.4, -0.2) is 29.8 Å². The van der Waals surface area contributed by atoms with Gasteiger partial charge in [0.1, 0.15) is 0 Å². The molecule has 4 nitrogen and oxygen atoms in total. The van der Waals surface area contributed by atoms with Crippen molar-refractivity contribution in [1.82, 2.24) is 0 Å². The van der Waals surface area contributed by atoms with Crippen LogP contribution in [-0.2, 0) is 6.42 Å². The quantitative estimate of drug-likeness (QED) is 0.624. The van der Waals surface area contributed by atoms with Crippen LogP contribution in [0, 0.1) is 6.92 Å². The fourth-order valence-corrected chi connectivity index (χ4v) is 1.72.